The number of nitrogens with zero attached hydrogens (tertiary/aromatic N) is 3. The van der Waals surface area contributed by atoms with Crippen LogP contribution in [-0.4, -0.2) is 21.1 Å². The third-order valence-electron chi connectivity index (χ3n) is 3.14. The zero-order valence-electron chi connectivity index (χ0n) is 10.9. The smallest absolute Gasteiger partial charge is 0.144 e. The number of aromatic nitrogens is 3. The van der Waals surface area contributed by atoms with Crippen molar-refractivity contribution in [3.8, 4) is 0 Å². The molecule has 0 aliphatic carbocycles. The summed E-state index contributed by atoms with van der Waals surface area (Å²) in [6.07, 6.45) is 9.79. The van der Waals surface area contributed by atoms with Gasteiger partial charge in [-0.3, -0.25) is 0 Å². The van der Waals surface area contributed by atoms with E-state index in [-0.39, 0.29) is 0 Å². The second kappa shape index (κ2) is 6.37. The first-order valence-corrected chi connectivity index (χ1v) is 8.23. The number of halogens is 1. The number of aryl methyl sites for hydroxylation is 1. The molecule has 0 spiro atoms. The van der Waals surface area contributed by atoms with Crippen LogP contribution in [0.1, 0.15) is 12.8 Å². The number of pyridine rings is 1. The second-order valence-corrected chi connectivity index (χ2v) is 6.32. The molecule has 104 valence electrons. The molecular weight excluding hydrogens is 336 g/mol. The number of hydrogen-bond acceptors (Lipinski definition) is 4. The van der Waals surface area contributed by atoms with Gasteiger partial charge in [-0.15, -0.1) is 11.3 Å². The van der Waals surface area contributed by atoms with Gasteiger partial charge in [0.25, 0.3) is 0 Å². The lowest BCUT2D eigenvalue weighted by Crippen LogP contribution is -2.05. The Labute approximate surface area is 130 Å². The van der Waals surface area contributed by atoms with E-state index in [0.717, 1.165) is 36.2 Å². The highest BCUT2D eigenvalue weighted by Crippen LogP contribution is 2.32. The zero-order chi connectivity index (χ0) is 13.8. The number of hydrogen-bond donors (Lipinski definition) is 1. The Bertz CT molecular complexity index is 678. The summed E-state index contributed by atoms with van der Waals surface area (Å²) in [6, 6.07) is 2.12. The zero-order valence-corrected chi connectivity index (χ0v) is 13.3. The van der Waals surface area contributed by atoms with Crippen LogP contribution in [0.4, 0.5) is 5.82 Å². The number of thiophene rings is 1. The molecule has 3 aromatic heterocycles. The quantitative estimate of drug-likeness (QED) is 0.679. The molecule has 0 aliphatic heterocycles. The van der Waals surface area contributed by atoms with Gasteiger partial charge in [0.05, 0.1) is 11.0 Å². The molecule has 0 atom stereocenters. The monoisotopic (exact) mass is 350 g/mol. The predicted molar refractivity (Wildman–Crippen MR) is 87.3 cm³/mol. The van der Waals surface area contributed by atoms with Gasteiger partial charge in [-0.1, -0.05) is 0 Å². The minimum Gasteiger partial charge on any atom is -0.369 e. The molecule has 0 bridgehead atoms. The topological polar surface area (TPSA) is 42.7 Å². The summed E-state index contributed by atoms with van der Waals surface area (Å²) in [5.41, 5.74) is 0. The summed E-state index contributed by atoms with van der Waals surface area (Å²) < 4.78 is 4.38. The van der Waals surface area contributed by atoms with Gasteiger partial charge in [0.15, 0.2) is 0 Å². The van der Waals surface area contributed by atoms with Crippen LogP contribution in [0.3, 0.4) is 0 Å². The summed E-state index contributed by atoms with van der Waals surface area (Å²) in [7, 11) is 0. The molecule has 0 aromatic carbocycles. The fourth-order valence-corrected chi connectivity index (χ4v) is 3.55. The maximum atomic E-state index is 4.46. The van der Waals surface area contributed by atoms with Crippen LogP contribution in [0.5, 0.6) is 0 Å². The lowest BCUT2D eigenvalue weighted by atomic mass is 10.3. The third kappa shape index (κ3) is 3.02. The van der Waals surface area contributed by atoms with Gasteiger partial charge in [-0.25, -0.2) is 9.97 Å². The van der Waals surface area contributed by atoms with E-state index in [0.29, 0.717) is 0 Å². The largest absolute Gasteiger partial charge is 0.369 e. The molecule has 3 rings (SSSR count). The Balaban J connectivity index is 1.52. The van der Waals surface area contributed by atoms with E-state index < -0.39 is 0 Å². The Morgan fingerprint density at radius 3 is 3.15 bits per heavy atom. The van der Waals surface area contributed by atoms with Gasteiger partial charge in [-0.05, 0) is 40.2 Å². The molecule has 0 aliphatic rings. The molecule has 0 saturated carbocycles. The number of imidazole rings is 1. The first-order chi connectivity index (χ1) is 9.84. The molecule has 6 heteroatoms. The van der Waals surface area contributed by atoms with Crippen LogP contribution in [0, 0.1) is 0 Å². The molecule has 3 heterocycles. The van der Waals surface area contributed by atoms with Crippen molar-refractivity contribution in [1.29, 1.82) is 0 Å². The average molecular weight is 351 g/mol. The second-order valence-electron chi connectivity index (χ2n) is 4.55. The van der Waals surface area contributed by atoms with Crippen molar-refractivity contribution in [3.05, 3.63) is 40.8 Å². The van der Waals surface area contributed by atoms with Crippen LogP contribution in [0.2, 0.25) is 0 Å². The third-order valence-corrected chi connectivity index (χ3v) is 4.69. The molecule has 20 heavy (non-hydrogen) atoms. The number of unbranched alkanes of at least 4 members (excludes halogenated alkanes) is 1. The van der Waals surface area contributed by atoms with Crippen molar-refractivity contribution in [2.24, 2.45) is 0 Å². The number of rotatable bonds is 6. The Kier molecular flexibility index (Phi) is 4.32. The number of nitrogens with one attached hydrogen (secondary N) is 1. The van der Waals surface area contributed by atoms with E-state index in [1.54, 1.807) is 11.3 Å². The van der Waals surface area contributed by atoms with Crippen molar-refractivity contribution >= 4 is 43.2 Å². The molecular formula is C14H15BrN4S. The summed E-state index contributed by atoms with van der Waals surface area (Å²) in [4.78, 5) is 8.50. The maximum absolute atomic E-state index is 4.46. The lowest BCUT2D eigenvalue weighted by Gasteiger charge is -2.07. The SMILES string of the molecule is Brc1cnc(NCCCCn2ccnc2)c2sccc12. The van der Waals surface area contributed by atoms with Gasteiger partial charge in [0.1, 0.15) is 5.82 Å². The normalized spacial score (nSPS) is 11.1. The Morgan fingerprint density at radius 1 is 1.35 bits per heavy atom. The van der Waals surface area contributed by atoms with Gasteiger partial charge < -0.3 is 9.88 Å². The molecule has 3 aromatic rings. The minimum atomic E-state index is 0.941. The fourth-order valence-electron chi connectivity index (χ4n) is 2.10. The lowest BCUT2D eigenvalue weighted by molar-refractivity contribution is 0.621. The predicted octanol–water partition coefficient (Wildman–Crippen LogP) is 4.15. The van der Waals surface area contributed by atoms with Crippen molar-refractivity contribution in [2.45, 2.75) is 19.4 Å². The van der Waals surface area contributed by atoms with Gasteiger partial charge >= 0.3 is 0 Å². The van der Waals surface area contributed by atoms with E-state index in [9.17, 15) is 0 Å². The van der Waals surface area contributed by atoms with E-state index >= 15 is 0 Å². The molecule has 0 unspecified atom stereocenters. The molecule has 1 N–H and O–H groups in total. The van der Waals surface area contributed by atoms with Crippen LogP contribution in [0.25, 0.3) is 10.1 Å². The van der Waals surface area contributed by atoms with Crippen LogP contribution < -0.4 is 5.32 Å². The van der Waals surface area contributed by atoms with Crippen LogP contribution in [0.15, 0.2) is 40.8 Å². The van der Waals surface area contributed by atoms with Crippen LogP contribution >= 0.6 is 27.3 Å². The van der Waals surface area contributed by atoms with Crippen molar-refractivity contribution in [2.75, 3.05) is 11.9 Å². The molecule has 0 radical (unpaired) electrons. The van der Waals surface area contributed by atoms with E-state index in [1.807, 2.05) is 24.9 Å². The molecule has 0 fully saturated rings. The first kappa shape index (κ1) is 13.6. The summed E-state index contributed by atoms with van der Waals surface area (Å²) in [5, 5.41) is 6.76. The summed E-state index contributed by atoms with van der Waals surface area (Å²) >= 11 is 5.26. The van der Waals surface area contributed by atoms with Crippen molar-refractivity contribution in [1.82, 2.24) is 14.5 Å². The Morgan fingerprint density at radius 2 is 2.30 bits per heavy atom. The maximum Gasteiger partial charge on any atom is 0.144 e. The van der Waals surface area contributed by atoms with E-state index in [2.05, 4.69) is 47.2 Å². The Hall–Kier alpha value is -1.40. The van der Waals surface area contributed by atoms with E-state index in [4.69, 9.17) is 0 Å². The molecule has 0 saturated heterocycles. The van der Waals surface area contributed by atoms with Crippen molar-refractivity contribution in [3.63, 3.8) is 0 Å². The van der Waals surface area contributed by atoms with Crippen LogP contribution in [-0.2, 0) is 6.54 Å². The van der Waals surface area contributed by atoms with Gasteiger partial charge in [0.2, 0.25) is 0 Å². The average Bonchev–Trinajstić information content (AvgIpc) is 3.11. The number of fused-ring (bicyclic) bond motifs is 1. The van der Waals surface area contributed by atoms with Crippen molar-refractivity contribution < 1.29 is 0 Å². The standard InChI is InChI=1S/C14H15BrN4S/c15-12-9-18-14(13-11(12)3-8-20-13)17-4-1-2-6-19-7-5-16-10-19/h3,5,7-10H,1-2,4,6H2,(H,17,18). The number of anilines is 1. The summed E-state index contributed by atoms with van der Waals surface area (Å²) in [6.45, 7) is 1.96. The van der Waals surface area contributed by atoms with Gasteiger partial charge in [0, 0.05) is 41.5 Å². The first-order valence-electron chi connectivity index (χ1n) is 6.56. The minimum absolute atomic E-state index is 0.941. The molecule has 4 nitrogen and oxygen atoms in total. The molecule has 0 amide bonds. The fraction of sp³-hybridized carbons (Fsp3) is 0.286. The van der Waals surface area contributed by atoms with E-state index in [1.165, 1.54) is 10.1 Å². The highest BCUT2D eigenvalue weighted by Gasteiger charge is 2.06. The highest BCUT2D eigenvalue weighted by molar-refractivity contribution is 9.10. The summed E-state index contributed by atoms with van der Waals surface area (Å²) in [5.74, 6) is 0.987. The highest BCUT2D eigenvalue weighted by atomic mass is 79.9. The van der Waals surface area contributed by atoms with Gasteiger partial charge in [-0.2, -0.15) is 0 Å².